The van der Waals surface area contributed by atoms with Gasteiger partial charge in [-0.1, -0.05) is 12.1 Å². The van der Waals surface area contributed by atoms with Crippen LogP contribution in [-0.2, 0) is 31.1 Å². The Morgan fingerprint density at radius 2 is 2.07 bits per heavy atom. The van der Waals surface area contributed by atoms with Crippen molar-refractivity contribution in [3.63, 3.8) is 0 Å². The van der Waals surface area contributed by atoms with Crippen LogP contribution in [0.2, 0.25) is 0 Å². The third-order valence-electron chi connectivity index (χ3n) is 5.13. The van der Waals surface area contributed by atoms with Crippen LogP contribution in [0.4, 0.5) is 5.13 Å². The van der Waals surface area contributed by atoms with Gasteiger partial charge in [-0.2, -0.15) is 5.10 Å². The van der Waals surface area contributed by atoms with Crippen LogP contribution in [-0.4, -0.2) is 20.7 Å². The zero-order chi connectivity index (χ0) is 18.8. The van der Waals surface area contributed by atoms with Gasteiger partial charge in [0, 0.05) is 30.6 Å². The number of amides is 1. The van der Waals surface area contributed by atoms with E-state index in [1.54, 1.807) is 4.68 Å². The van der Waals surface area contributed by atoms with Crippen molar-refractivity contribution in [2.75, 3.05) is 5.32 Å². The van der Waals surface area contributed by atoms with Crippen molar-refractivity contribution in [3.8, 4) is 11.3 Å². The molecule has 0 atom stereocenters. The minimum absolute atomic E-state index is 0.00964. The average molecular weight is 381 g/mol. The summed E-state index contributed by atoms with van der Waals surface area (Å²) < 4.78 is 1.79. The smallest absolute Gasteiger partial charge is 0.226 e. The SMILES string of the molecule is Cc1nn(C)cc1CCC(=O)Nc1nc(-c2ccc3c(c2)CCCC3)cs1. The fourth-order valence-electron chi connectivity index (χ4n) is 3.68. The first-order chi connectivity index (χ1) is 13.1. The predicted octanol–water partition coefficient (Wildman–Crippen LogP) is 4.30. The summed E-state index contributed by atoms with van der Waals surface area (Å²) in [5, 5.41) is 9.93. The van der Waals surface area contributed by atoms with Crippen LogP contribution in [0.15, 0.2) is 29.8 Å². The van der Waals surface area contributed by atoms with E-state index in [1.165, 1.54) is 41.7 Å². The largest absolute Gasteiger partial charge is 0.302 e. The summed E-state index contributed by atoms with van der Waals surface area (Å²) in [7, 11) is 1.90. The van der Waals surface area contributed by atoms with Gasteiger partial charge in [0.2, 0.25) is 5.91 Å². The molecule has 2 aromatic heterocycles. The molecule has 4 rings (SSSR count). The molecule has 1 aliphatic carbocycles. The van der Waals surface area contributed by atoms with Gasteiger partial charge in [0.25, 0.3) is 0 Å². The summed E-state index contributed by atoms with van der Waals surface area (Å²) in [6.45, 7) is 1.97. The van der Waals surface area contributed by atoms with E-state index in [9.17, 15) is 4.79 Å². The molecule has 27 heavy (non-hydrogen) atoms. The first kappa shape index (κ1) is 17.9. The number of rotatable bonds is 5. The normalized spacial score (nSPS) is 13.4. The van der Waals surface area contributed by atoms with Crippen molar-refractivity contribution < 1.29 is 4.79 Å². The van der Waals surface area contributed by atoms with E-state index in [4.69, 9.17) is 0 Å². The van der Waals surface area contributed by atoms with E-state index >= 15 is 0 Å². The minimum Gasteiger partial charge on any atom is -0.302 e. The van der Waals surface area contributed by atoms with Gasteiger partial charge in [0.05, 0.1) is 11.4 Å². The van der Waals surface area contributed by atoms with E-state index in [-0.39, 0.29) is 5.91 Å². The molecule has 0 saturated carbocycles. The maximum absolute atomic E-state index is 12.3. The summed E-state index contributed by atoms with van der Waals surface area (Å²) in [6, 6.07) is 6.65. The quantitative estimate of drug-likeness (QED) is 0.718. The maximum Gasteiger partial charge on any atom is 0.226 e. The highest BCUT2D eigenvalue weighted by Crippen LogP contribution is 2.29. The van der Waals surface area contributed by atoms with Crippen LogP contribution < -0.4 is 5.32 Å². The topological polar surface area (TPSA) is 59.8 Å². The van der Waals surface area contributed by atoms with Gasteiger partial charge in [-0.05, 0) is 61.8 Å². The highest BCUT2D eigenvalue weighted by Gasteiger charge is 2.13. The van der Waals surface area contributed by atoms with Crippen LogP contribution in [0.3, 0.4) is 0 Å². The van der Waals surface area contributed by atoms with Gasteiger partial charge >= 0.3 is 0 Å². The van der Waals surface area contributed by atoms with Gasteiger partial charge in [0.15, 0.2) is 5.13 Å². The fourth-order valence-corrected chi connectivity index (χ4v) is 4.42. The molecule has 140 valence electrons. The molecule has 3 aromatic rings. The van der Waals surface area contributed by atoms with Gasteiger partial charge < -0.3 is 5.32 Å². The van der Waals surface area contributed by atoms with Crippen molar-refractivity contribution in [2.24, 2.45) is 7.05 Å². The molecular weight excluding hydrogens is 356 g/mol. The Morgan fingerprint density at radius 1 is 1.26 bits per heavy atom. The number of nitrogens with one attached hydrogen (secondary N) is 1. The zero-order valence-corrected chi connectivity index (χ0v) is 16.6. The highest BCUT2D eigenvalue weighted by molar-refractivity contribution is 7.14. The van der Waals surface area contributed by atoms with E-state index < -0.39 is 0 Å². The number of carbonyl (C=O) groups is 1. The molecule has 5 nitrogen and oxygen atoms in total. The molecule has 0 saturated heterocycles. The Morgan fingerprint density at radius 3 is 2.85 bits per heavy atom. The molecule has 2 heterocycles. The van der Waals surface area contributed by atoms with Crippen molar-refractivity contribution in [1.82, 2.24) is 14.8 Å². The third kappa shape index (κ3) is 4.11. The monoisotopic (exact) mass is 380 g/mol. The molecule has 0 bridgehead atoms. The van der Waals surface area contributed by atoms with E-state index in [0.717, 1.165) is 28.9 Å². The van der Waals surface area contributed by atoms with Crippen molar-refractivity contribution >= 4 is 22.4 Å². The summed E-state index contributed by atoms with van der Waals surface area (Å²) in [5.74, 6) is -0.00964. The van der Waals surface area contributed by atoms with E-state index in [2.05, 4.69) is 33.6 Å². The van der Waals surface area contributed by atoms with Crippen molar-refractivity contribution in [1.29, 1.82) is 0 Å². The Kier molecular flexibility index (Phi) is 5.07. The lowest BCUT2D eigenvalue weighted by Crippen LogP contribution is -2.12. The molecule has 0 spiro atoms. The van der Waals surface area contributed by atoms with Crippen molar-refractivity contribution in [2.45, 2.75) is 45.4 Å². The van der Waals surface area contributed by atoms with Crippen molar-refractivity contribution in [3.05, 3.63) is 52.2 Å². The van der Waals surface area contributed by atoms with Gasteiger partial charge in [-0.15, -0.1) is 11.3 Å². The summed E-state index contributed by atoms with van der Waals surface area (Å²) in [5.41, 5.74) is 7.09. The Labute approximate surface area is 163 Å². The number of nitrogens with zero attached hydrogens (tertiary/aromatic N) is 3. The molecule has 1 aliphatic rings. The molecule has 1 N–H and O–H groups in total. The predicted molar refractivity (Wildman–Crippen MR) is 109 cm³/mol. The van der Waals surface area contributed by atoms with Gasteiger partial charge in [0.1, 0.15) is 0 Å². The fraction of sp³-hybridized carbons (Fsp3) is 0.381. The lowest BCUT2D eigenvalue weighted by atomic mass is 9.90. The lowest BCUT2D eigenvalue weighted by molar-refractivity contribution is -0.116. The summed E-state index contributed by atoms with van der Waals surface area (Å²) >= 11 is 1.48. The Hall–Kier alpha value is -2.47. The second-order valence-corrected chi connectivity index (χ2v) is 8.05. The number of hydrogen-bond acceptors (Lipinski definition) is 4. The molecule has 0 fully saturated rings. The standard InChI is InChI=1S/C21H24N4OS/c1-14-18(12-25(2)24-14)9-10-20(26)23-21-22-19(13-27-21)17-8-7-15-5-3-4-6-16(15)11-17/h7-8,11-13H,3-6,9-10H2,1-2H3,(H,22,23,26). The summed E-state index contributed by atoms with van der Waals surface area (Å²) in [4.78, 5) is 16.9. The number of carbonyl (C=O) groups excluding carboxylic acids is 1. The molecule has 1 aromatic carbocycles. The van der Waals surface area contributed by atoms with Gasteiger partial charge in [-0.3, -0.25) is 9.48 Å². The lowest BCUT2D eigenvalue weighted by Gasteiger charge is -2.16. The van der Waals surface area contributed by atoms with Crippen LogP contribution >= 0.6 is 11.3 Å². The van der Waals surface area contributed by atoms with Crippen LogP contribution in [0.1, 0.15) is 41.6 Å². The molecular formula is C21H24N4OS. The van der Waals surface area contributed by atoms with Crippen LogP contribution in [0.25, 0.3) is 11.3 Å². The number of hydrogen-bond donors (Lipinski definition) is 1. The number of thiazole rings is 1. The zero-order valence-electron chi connectivity index (χ0n) is 15.8. The molecule has 0 radical (unpaired) electrons. The number of fused-ring (bicyclic) bond motifs is 1. The Bertz CT molecular complexity index is 972. The second kappa shape index (κ2) is 7.64. The average Bonchev–Trinajstić information content (AvgIpc) is 3.25. The highest BCUT2D eigenvalue weighted by atomic mass is 32.1. The number of benzene rings is 1. The molecule has 6 heteroatoms. The molecule has 1 amide bonds. The van der Waals surface area contributed by atoms with E-state index in [0.29, 0.717) is 18.0 Å². The van der Waals surface area contributed by atoms with Gasteiger partial charge in [-0.25, -0.2) is 4.98 Å². The van der Waals surface area contributed by atoms with Crippen LogP contribution in [0, 0.1) is 6.92 Å². The minimum atomic E-state index is -0.00964. The first-order valence-corrected chi connectivity index (χ1v) is 10.3. The van der Waals surface area contributed by atoms with Crippen LogP contribution in [0.5, 0.6) is 0 Å². The third-order valence-corrected chi connectivity index (χ3v) is 5.89. The second-order valence-electron chi connectivity index (χ2n) is 7.19. The Balaban J connectivity index is 1.39. The molecule has 0 unspecified atom stereocenters. The molecule has 0 aliphatic heterocycles. The summed E-state index contributed by atoms with van der Waals surface area (Å²) in [6.07, 6.45) is 7.99. The maximum atomic E-state index is 12.3. The number of aryl methyl sites for hydroxylation is 5. The first-order valence-electron chi connectivity index (χ1n) is 9.45. The van der Waals surface area contributed by atoms with E-state index in [1.807, 2.05) is 25.5 Å². The number of aromatic nitrogens is 3. The number of anilines is 1.